The van der Waals surface area contributed by atoms with E-state index in [1.165, 1.54) is 0 Å². The van der Waals surface area contributed by atoms with E-state index in [0.717, 1.165) is 35.7 Å². The molecule has 1 aromatic heterocycles. The van der Waals surface area contributed by atoms with Gasteiger partial charge >= 0.3 is 6.03 Å². The number of para-hydroxylation sites is 1. The highest BCUT2D eigenvalue weighted by Crippen LogP contribution is 2.18. The summed E-state index contributed by atoms with van der Waals surface area (Å²) in [5, 5.41) is 13.4. The second-order valence-electron chi connectivity index (χ2n) is 5.67. The van der Waals surface area contributed by atoms with Crippen LogP contribution in [0.4, 0.5) is 4.79 Å². The Morgan fingerprint density at radius 1 is 1.32 bits per heavy atom. The minimum absolute atomic E-state index is 0.0333. The largest absolute Gasteiger partial charge is 0.394 e. The Balaban J connectivity index is 1.69. The van der Waals surface area contributed by atoms with Crippen molar-refractivity contribution in [3.8, 4) is 0 Å². The molecule has 1 aromatic carbocycles. The van der Waals surface area contributed by atoms with Crippen LogP contribution in [0.5, 0.6) is 0 Å². The fourth-order valence-electron chi connectivity index (χ4n) is 3.04. The van der Waals surface area contributed by atoms with Gasteiger partial charge in [0.05, 0.1) is 18.2 Å². The van der Waals surface area contributed by atoms with E-state index in [1.807, 2.05) is 30.3 Å². The summed E-state index contributed by atoms with van der Waals surface area (Å²) in [6.07, 6.45) is 4.72. The van der Waals surface area contributed by atoms with E-state index < -0.39 is 0 Å². The number of amides is 2. The molecule has 2 aromatic rings. The molecule has 3 rings (SSSR count). The first-order chi connectivity index (χ1) is 10.8. The third-order valence-corrected chi connectivity index (χ3v) is 4.27. The molecule has 2 amide bonds. The lowest BCUT2D eigenvalue weighted by atomic mass is 10.0. The monoisotopic (exact) mass is 299 g/mol. The summed E-state index contributed by atoms with van der Waals surface area (Å²) in [6.45, 7) is 1.22. The molecule has 2 N–H and O–H groups in total. The molecule has 116 valence electrons. The highest BCUT2D eigenvalue weighted by molar-refractivity contribution is 5.82. The number of carbonyl (C=O) groups excluding carboxylic acids is 1. The van der Waals surface area contributed by atoms with Crippen molar-refractivity contribution < 1.29 is 9.90 Å². The lowest BCUT2D eigenvalue weighted by molar-refractivity contribution is 0.108. The van der Waals surface area contributed by atoms with Crippen LogP contribution in [-0.4, -0.2) is 40.2 Å². The normalized spacial score (nSPS) is 18.4. The van der Waals surface area contributed by atoms with Crippen LogP contribution in [-0.2, 0) is 6.54 Å². The highest BCUT2D eigenvalue weighted by Gasteiger charge is 2.25. The molecule has 0 spiro atoms. The van der Waals surface area contributed by atoms with Crippen molar-refractivity contribution in [1.29, 1.82) is 0 Å². The second kappa shape index (κ2) is 6.75. The van der Waals surface area contributed by atoms with Gasteiger partial charge in [-0.2, -0.15) is 0 Å². The lowest BCUT2D eigenvalue weighted by Crippen LogP contribution is -2.49. The van der Waals surface area contributed by atoms with E-state index in [1.54, 1.807) is 11.1 Å². The number of hydrogen-bond acceptors (Lipinski definition) is 3. The number of nitrogens with one attached hydrogen (secondary N) is 1. The van der Waals surface area contributed by atoms with Crippen LogP contribution in [0, 0.1) is 0 Å². The third-order valence-electron chi connectivity index (χ3n) is 4.27. The number of likely N-dealkylation sites (tertiary alicyclic amines) is 1. The average Bonchev–Trinajstić information content (AvgIpc) is 2.59. The minimum atomic E-state index is -0.0976. The van der Waals surface area contributed by atoms with Crippen molar-refractivity contribution in [1.82, 2.24) is 15.2 Å². The number of carbonyl (C=O) groups is 1. The van der Waals surface area contributed by atoms with Crippen LogP contribution >= 0.6 is 0 Å². The molecule has 1 aliphatic heterocycles. The van der Waals surface area contributed by atoms with E-state index in [-0.39, 0.29) is 18.7 Å². The van der Waals surface area contributed by atoms with Gasteiger partial charge < -0.3 is 15.3 Å². The van der Waals surface area contributed by atoms with Crippen LogP contribution < -0.4 is 5.32 Å². The molecule has 0 aliphatic carbocycles. The van der Waals surface area contributed by atoms with Gasteiger partial charge in [-0.1, -0.05) is 18.2 Å². The average molecular weight is 299 g/mol. The van der Waals surface area contributed by atoms with Gasteiger partial charge in [-0.05, 0) is 37.0 Å². The number of aliphatic hydroxyl groups excluding tert-OH is 1. The summed E-state index contributed by atoms with van der Waals surface area (Å²) in [5.41, 5.74) is 1.98. The zero-order valence-corrected chi connectivity index (χ0v) is 12.5. The molecular formula is C17H21N3O2. The molecule has 5 heteroatoms. The smallest absolute Gasteiger partial charge is 0.317 e. The molecular weight excluding hydrogens is 278 g/mol. The maximum atomic E-state index is 12.4. The van der Waals surface area contributed by atoms with Crippen molar-refractivity contribution in [3.63, 3.8) is 0 Å². The third kappa shape index (κ3) is 3.04. The Kier molecular flexibility index (Phi) is 4.53. The predicted molar refractivity (Wildman–Crippen MR) is 85.4 cm³/mol. The summed E-state index contributed by atoms with van der Waals surface area (Å²) < 4.78 is 0. The summed E-state index contributed by atoms with van der Waals surface area (Å²) in [6, 6.07) is 9.69. The van der Waals surface area contributed by atoms with Crippen molar-refractivity contribution in [2.75, 3.05) is 13.2 Å². The Labute approximate surface area is 130 Å². The van der Waals surface area contributed by atoms with Gasteiger partial charge in [0.25, 0.3) is 0 Å². The van der Waals surface area contributed by atoms with Crippen molar-refractivity contribution >= 4 is 16.9 Å². The molecule has 0 bridgehead atoms. The summed E-state index contributed by atoms with van der Waals surface area (Å²) in [5.74, 6) is 0. The maximum Gasteiger partial charge on any atom is 0.317 e. The highest BCUT2D eigenvalue weighted by atomic mass is 16.3. The van der Waals surface area contributed by atoms with E-state index in [4.69, 9.17) is 0 Å². The molecule has 1 fully saturated rings. The van der Waals surface area contributed by atoms with E-state index >= 15 is 0 Å². The van der Waals surface area contributed by atoms with Gasteiger partial charge in [0, 0.05) is 24.7 Å². The first-order valence-corrected chi connectivity index (χ1v) is 7.77. The number of hydrogen-bond donors (Lipinski definition) is 2. The second-order valence-corrected chi connectivity index (χ2v) is 5.67. The number of aromatic nitrogens is 1. The zero-order valence-electron chi connectivity index (χ0n) is 12.5. The van der Waals surface area contributed by atoms with E-state index in [9.17, 15) is 9.90 Å². The molecule has 0 saturated carbocycles. The summed E-state index contributed by atoms with van der Waals surface area (Å²) in [4.78, 5) is 18.4. The molecule has 1 saturated heterocycles. The summed E-state index contributed by atoms with van der Waals surface area (Å²) in [7, 11) is 0. The van der Waals surface area contributed by atoms with Crippen LogP contribution in [0.15, 0.2) is 36.5 Å². The molecule has 22 heavy (non-hydrogen) atoms. The van der Waals surface area contributed by atoms with Crippen molar-refractivity contribution in [3.05, 3.63) is 42.1 Å². The number of pyridine rings is 1. The molecule has 0 radical (unpaired) electrons. The fourth-order valence-corrected chi connectivity index (χ4v) is 3.04. The topological polar surface area (TPSA) is 65.5 Å². The number of piperidine rings is 1. The number of urea groups is 1. The van der Waals surface area contributed by atoms with Gasteiger partial charge in [-0.25, -0.2) is 4.79 Å². The molecule has 5 nitrogen and oxygen atoms in total. The minimum Gasteiger partial charge on any atom is -0.394 e. The lowest BCUT2D eigenvalue weighted by Gasteiger charge is -2.34. The van der Waals surface area contributed by atoms with Crippen molar-refractivity contribution in [2.24, 2.45) is 0 Å². The standard InChI is InChI=1S/C17H21N3O2/c21-12-14-5-3-4-10-20(14)17(22)19-11-13-8-9-18-16-7-2-1-6-15(13)16/h1-2,6-9,14,21H,3-5,10-12H2,(H,19,22). The number of nitrogens with zero attached hydrogens (tertiary/aromatic N) is 2. The van der Waals surface area contributed by atoms with E-state index in [0.29, 0.717) is 13.1 Å². The zero-order chi connectivity index (χ0) is 15.4. The van der Waals surface area contributed by atoms with Gasteiger partial charge in [-0.3, -0.25) is 4.98 Å². The summed E-state index contributed by atoms with van der Waals surface area (Å²) >= 11 is 0. The number of fused-ring (bicyclic) bond motifs is 1. The molecule has 1 atom stereocenters. The molecule has 1 unspecified atom stereocenters. The Morgan fingerprint density at radius 3 is 3.05 bits per heavy atom. The van der Waals surface area contributed by atoms with Crippen LogP contribution in [0.2, 0.25) is 0 Å². The number of aliphatic hydroxyl groups is 1. The first kappa shape index (κ1) is 14.8. The van der Waals surface area contributed by atoms with Crippen LogP contribution in [0.3, 0.4) is 0 Å². The van der Waals surface area contributed by atoms with Crippen LogP contribution in [0.1, 0.15) is 24.8 Å². The number of rotatable bonds is 3. The quantitative estimate of drug-likeness (QED) is 0.914. The Hall–Kier alpha value is -2.14. The number of benzene rings is 1. The first-order valence-electron chi connectivity index (χ1n) is 7.77. The maximum absolute atomic E-state index is 12.4. The molecule has 2 heterocycles. The Morgan fingerprint density at radius 2 is 2.18 bits per heavy atom. The SMILES string of the molecule is O=C(NCc1ccnc2ccccc12)N1CCCCC1CO. The predicted octanol–water partition coefficient (Wildman–Crippen LogP) is 2.29. The van der Waals surface area contributed by atoms with Gasteiger partial charge in [0.2, 0.25) is 0 Å². The van der Waals surface area contributed by atoms with Crippen molar-refractivity contribution in [2.45, 2.75) is 31.8 Å². The van der Waals surface area contributed by atoms with Gasteiger partial charge in [-0.15, -0.1) is 0 Å². The Bertz CT molecular complexity index is 654. The molecule has 1 aliphatic rings. The van der Waals surface area contributed by atoms with Crippen LogP contribution in [0.25, 0.3) is 10.9 Å². The van der Waals surface area contributed by atoms with Gasteiger partial charge in [0.1, 0.15) is 0 Å². The fraction of sp³-hybridized carbons (Fsp3) is 0.412. The van der Waals surface area contributed by atoms with E-state index in [2.05, 4.69) is 10.3 Å². The van der Waals surface area contributed by atoms with Gasteiger partial charge in [0.15, 0.2) is 0 Å².